The van der Waals surface area contributed by atoms with Crippen molar-refractivity contribution >= 4 is 5.82 Å². The van der Waals surface area contributed by atoms with Crippen LogP contribution in [-0.4, -0.2) is 19.9 Å². The van der Waals surface area contributed by atoms with Gasteiger partial charge >= 0.3 is 5.82 Å². The Morgan fingerprint density at radius 3 is 3.09 bits per heavy atom. The van der Waals surface area contributed by atoms with Gasteiger partial charge in [-0.3, -0.25) is 0 Å². The summed E-state index contributed by atoms with van der Waals surface area (Å²) in [4.78, 5) is 10.5. The van der Waals surface area contributed by atoms with Gasteiger partial charge in [0, 0.05) is 0 Å². The molecule has 0 unspecified atom stereocenters. The molecule has 0 radical (unpaired) electrons. The quantitative estimate of drug-likeness (QED) is 0.334. The van der Waals surface area contributed by atoms with Crippen LogP contribution in [-0.2, 0) is 6.54 Å². The molecule has 1 aromatic rings. The van der Waals surface area contributed by atoms with E-state index in [-0.39, 0.29) is 12.4 Å². The molecule has 0 N–H and O–H groups in total. The molecule has 0 saturated heterocycles. The number of hydrogen-bond donors (Lipinski definition) is 0. The zero-order chi connectivity index (χ0) is 8.27. The van der Waals surface area contributed by atoms with Crippen LogP contribution in [0, 0.1) is 22.5 Å². The zero-order valence-corrected chi connectivity index (χ0v) is 5.47. The molecule has 1 rings (SSSR count). The lowest BCUT2D eigenvalue weighted by Crippen LogP contribution is -2.00. The largest absolute Gasteiger partial charge is 0.410 e. The van der Waals surface area contributed by atoms with E-state index in [2.05, 4.69) is 16.1 Å². The Morgan fingerprint density at radius 1 is 1.91 bits per heavy atom. The molecule has 6 heteroatoms. The van der Waals surface area contributed by atoms with Gasteiger partial charge in [-0.25, -0.2) is 0 Å². The van der Waals surface area contributed by atoms with Gasteiger partial charge in [-0.1, -0.05) is 10.7 Å². The van der Waals surface area contributed by atoms with Crippen LogP contribution in [0.4, 0.5) is 5.82 Å². The maximum atomic E-state index is 10.1. The molecule has 1 heterocycles. The molecule has 0 aliphatic carbocycles. The van der Waals surface area contributed by atoms with Crippen molar-refractivity contribution in [2.45, 2.75) is 6.54 Å². The Morgan fingerprint density at radius 2 is 2.64 bits per heavy atom. The molecular weight excluding hydrogens is 148 g/mol. The van der Waals surface area contributed by atoms with Gasteiger partial charge in [-0.05, 0) is 4.92 Å². The number of nitrogens with zero attached hydrogens (tertiary/aromatic N) is 4. The van der Waals surface area contributed by atoms with Crippen molar-refractivity contribution in [3.05, 3.63) is 16.3 Å². The highest BCUT2D eigenvalue weighted by molar-refractivity contribution is 5.08. The topological polar surface area (TPSA) is 73.8 Å². The van der Waals surface area contributed by atoms with Gasteiger partial charge in [0.05, 0.1) is 5.10 Å². The smallest absolute Gasteiger partial charge is 0.358 e. The lowest BCUT2D eigenvalue weighted by Gasteiger charge is -1.82. The van der Waals surface area contributed by atoms with E-state index in [1.165, 1.54) is 0 Å². The van der Waals surface area contributed by atoms with Crippen molar-refractivity contribution in [3.63, 3.8) is 0 Å². The predicted molar refractivity (Wildman–Crippen MR) is 35.5 cm³/mol. The highest BCUT2D eigenvalue weighted by Gasteiger charge is 2.10. The first-order chi connectivity index (χ1) is 5.24. The predicted octanol–water partition coefficient (Wildman–Crippen LogP) is -0.181. The van der Waals surface area contributed by atoms with Crippen LogP contribution < -0.4 is 0 Å². The Balaban J connectivity index is 2.83. The van der Waals surface area contributed by atoms with E-state index in [9.17, 15) is 10.1 Å². The number of hydrogen-bond acceptors (Lipinski definition) is 4. The van der Waals surface area contributed by atoms with Crippen LogP contribution in [0.25, 0.3) is 0 Å². The molecule has 0 saturated carbocycles. The van der Waals surface area contributed by atoms with E-state index in [4.69, 9.17) is 6.42 Å². The fourth-order valence-corrected chi connectivity index (χ4v) is 0.530. The molecule has 0 bridgehead atoms. The van der Waals surface area contributed by atoms with Crippen molar-refractivity contribution < 1.29 is 4.92 Å². The third-order valence-corrected chi connectivity index (χ3v) is 0.944. The van der Waals surface area contributed by atoms with E-state index >= 15 is 0 Å². The molecule has 0 atom stereocenters. The summed E-state index contributed by atoms with van der Waals surface area (Å²) >= 11 is 0. The third kappa shape index (κ3) is 1.52. The summed E-state index contributed by atoms with van der Waals surface area (Å²) in [5.74, 6) is 1.96. The summed E-state index contributed by atoms with van der Waals surface area (Å²) < 4.78 is 0. The zero-order valence-electron chi connectivity index (χ0n) is 5.47. The van der Waals surface area contributed by atoms with Gasteiger partial charge in [-0.15, -0.1) is 11.5 Å². The molecule has 1 aromatic heterocycles. The molecular formula is C5H4N4O2. The first kappa shape index (κ1) is 7.21. The molecule has 11 heavy (non-hydrogen) atoms. The van der Waals surface area contributed by atoms with Gasteiger partial charge in [0.1, 0.15) is 6.54 Å². The average Bonchev–Trinajstić information content (AvgIpc) is 2.37. The lowest BCUT2D eigenvalue weighted by atomic mass is 10.7. The van der Waals surface area contributed by atoms with E-state index in [0.717, 1.165) is 11.0 Å². The maximum absolute atomic E-state index is 10.1. The van der Waals surface area contributed by atoms with Crippen molar-refractivity contribution in [1.82, 2.24) is 15.0 Å². The summed E-state index contributed by atoms with van der Waals surface area (Å²) in [5.41, 5.74) is 0. The highest BCUT2D eigenvalue weighted by atomic mass is 16.6. The second-order valence-corrected chi connectivity index (χ2v) is 1.69. The van der Waals surface area contributed by atoms with Gasteiger partial charge in [0.15, 0.2) is 6.20 Å². The Hall–Kier alpha value is -1.90. The monoisotopic (exact) mass is 152 g/mol. The van der Waals surface area contributed by atoms with Gasteiger partial charge in [-0.2, -0.15) is 0 Å². The summed E-state index contributed by atoms with van der Waals surface area (Å²) in [6.07, 6.45) is 5.98. The van der Waals surface area contributed by atoms with Gasteiger partial charge in [0.25, 0.3) is 0 Å². The van der Waals surface area contributed by atoms with Crippen LogP contribution in [0.15, 0.2) is 6.20 Å². The second kappa shape index (κ2) is 2.79. The first-order valence-corrected chi connectivity index (χ1v) is 2.72. The molecule has 0 aromatic carbocycles. The second-order valence-electron chi connectivity index (χ2n) is 1.69. The standard InChI is InChI=1S/C5H4N4O2/c1-2-3-8-6-4-5(7-8)9(10)11/h1,4H,3H2. The van der Waals surface area contributed by atoms with Gasteiger partial charge in [0.2, 0.25) is 0 Å². The van der Waals surface area contributed by atoms with Crippen molar-refractivity contribution in [3.8, 4) is 12.3 Å². The summed E-state index contributed by atoms with van der Waals surface area (Å²) in [6, 6.07) is 0. The normalized spacial score (nSPS) is 9.00. The number of aromatic nitrogens is 3. The first-order valence-electron chi connectivity index (χ1n) is 2.72. The minimum atomic E-state index is -0.625. The molecule has 6 nitrogen and oxygen atoms in total. The van der Waals surface area contributed by atoms with E-state index in [0.29, 0.717) is 0 Å². The van der Waals surface area contributed by atoms with Crippen molar-refractivity contribution in [1.29, 1.82) is 0 Å². The lowest BCUT2D eigenvalue weighted by molar-refractivity contribution is -0.389. The number of nitro groups is 1. The molecule has 0 amide bonds. The van der Waals surface area contributed by atoms with Gasteiger partial charge < -0.3 is 10.1 Å². The Bertz CT molecular complexity index is 311. The maximum Gasteiger partial charge on any atom is 0.410 e. The molecule has 0 fully saturated rings. The SMILES string of the molecule is C#CCn1ncc([N+](=O)[O-])n1. The Labute approximate surface area is 62.0 Å². The molecule has 0 spiro atoms. The fraction of sp³-hybridized carbons (Fsp3) is 0.200. The third-order valence-electron chi connectivity index (χ3n) is 0.944. The summed E-state index contributed by atoms with van der Waals surface area (Å²) in [7, 11) is 0. The minimum Gasteiger partial charge on any atom is -0.358 e. The van der Waals surface area contributed by atoms with Crippen LogP contribution in [0.2, 0.25) is 0 Å². The van der Waals surface area contributed by atoms with Crippen molar-refractivity contribution in [2.24, 2.45) is 0 Å². The highest BCUT2D eigenvalue weighted by Crippen LogP contribution is 2.00. The fourth-order valence-electron chi connectivity index (χ4n) is 0.530. The van der Waals surface area contributed by atoms with Crippen molar-refractivity contribution in [2.75, 3.05) is 0 Å². The summed E-state index contributed by atoms with van der Waals surface area (Å²) in [5, 5.41) is 17.1. The summed E-state index contributed by atoms with van der Waals surface area (Å²) in [6.45, 7) is 0.147. The molecule has 0 aliphatic rings. The van der Waals surface area contributed by atoms with E-state index < -0.39 is 4.92 Å². The van der Waals surface area contributed by atoms with Crippen LogP contribution in [0.5, 0.6) is 0 Å². The molecule has 56 valence electrons. The average molecular weight is 152 g/mol. The van der Waals surface area contributed by atoms with E-state index in [1.54, 1.807) is 0 Å². The number of rotatable bonds is 2. The minimum absolute atomic E-state index is 0.147. The Kier molecular flexibility index (Phi) is 1.83. The van der Waals surface area contributed by atoms with Crippen LogP contribution >= 0.6 is 0 Å². The van der Waals surface area contributed by atoms with Crippen LogP contribution in [0.1, 0.15) is 0 Å². The van der Waals surface area contributed by atoms with E-state index in [1.807, 2.05) is 0 Å². The molecule has 0 aliphatic heterocycles. The number of terminal acetylenes is 1. The van der Waals surface area contributed by atoms with Crippen LogP contribution in [0.3, 0.4) is 0 Å².